The van der Waals surface area contributed by atoms with Crippen molar-refractivity contribution in [3.05, 3.63) is 64.2 Å². The van der Waals surface area contributed by atoms with Gasteiger partial charge in [-0.2, -0.15) is 0 Å². The number of aryl methyl sites for hydroxylation is 2. The third kappa shape index (κ3) is 4.03. The molecule has 0 aliphatic heterocycles. The summed E-state index contributed by atoms with van der Waals surface area (Å²) >= 11 is 5.84. The summed E-state index contributed by atoms with van der Waals surface area (Å²) < 4.78 is 0. The van der Waals surface area contributed by atoms with Gasteiger partial charge in [0.2, 0.25) is 0 Å². The zero-order valence-corrected chi connectivity index (χ0v) is 13.6. The fourth-order valence-electron chi connectivity index (χ4n) is 2.81. The van der Waals surface area contributed by atoms with Crippen LogP contribution < -0.4 is 11.1 Å². The molecule has 0 fully saturated rings. The molecule has 1 unspecified atom stereocenters. The molecule has 4 nitrogen and oxygen atoms in total. The summed E-state index contributed by atoms with van der Waals surface area (Å²) in [5.74, 6) is 0.302. The van der Waals surface area contributed by atoms with E-state index in [9.17, 15) is 5.11 Å². The van der Waals surface area contributed by atoms with Gasteiger partial charge >= 0.3 is 0 Å². The standard InChI is InChI=1S/C18H20ClN3O/c19-15-7-4-13(5-8-15)17(23)11-21-18(20)22-16-9-6-12-2-1-3-14(12)10-16/h4-10,17,23H,1-3,11H2,(H3,20,21,22). The number of aliphatic hydroxyl groups is 1. The molecule has 0 aromatic heterocycles. The number of hydrogen-bond donors (Lipinski definition) is 3. The molecule has 0 radical (unpaired) electrons. The smallest absolute Gasteiger partial charge is 0.193 e. The van der Waals surface area contributed by atoms with Gasteiger partial charge in [0.05, 0.1) is 12.6 Å². The van der Waals surface area contributed by atoms with Crippen LogP contribution in [0.1, 0.15) is 29.2 Å². The number of nitrogens with zero attached hydrogens (tertiary/aromatic N) is 1. The third-order valence-electron chi connectivity index (χ3n) is 4.06. The molecule has 1 atom stereocenters. The topological polar surface area (TPSA) is 70.6 Å². The Kier molecular flexibility index (Phi) is 4.84. The largest absolute Gasteiger partial charge is 0.386 e. The Morgan fingerprint density at radius 1 is 1.17 bits per heavy atom. The van der Waals surface area contributed by atoms with E-state index in [1.54, 1.807) is 24.3 Å². The number of fused-ring (bicyclic) bond motifs is 1. The molecule has 0 bridgehead atoms. The summed E-state index contributed by atoms with van der Waals surface area (Å²) in [6, 6.07) is 13.3. The zero-order chi connectivity index (χ0) is 16.2. The Morgan fingerprint density at radius 2 is 1.91 bits per heavy atom. The molecular weight excluding hydrogens is 310 g/mol. The summed E-state index contributed by atoms with van der Waals surface area (Å²) in [4.78, 5) is 4.21. The van der Waals surface area contributed by atoms with Crippen LogP contribution in [0.5, 0.6) is 0 Å². The highest BCUT2D eigenvalue weighted by molar-refractivity contribution is 6.30. The molecule has 0 saturated heterocycles. The van der Waals surface area contributed by atoms with Crippen molar-refractivity contribution in [1.29, 1.82) is 0 Å². The van der Waals surface area contributed by atoms with Crippen LogP contribution in [-0.4, -0.2) is 17.6 Å². The number of aliphatic imine (C=N–C) groups is 1. The molecule has 3 rings (SSSR count). The molecule has 0 heterocycles. The van der Waals surface area contributed by atoms with Crippen molar-refractivity contribution in [3.8, 4) is 0 Å². The number of halogens is 1. The number of nitrogens with one attached hydrogen (secondary N) is 1. The maximum Gasteiger partial charge on any atom is 0.193 e. The van der Waals surface area contributed by atoms with Crippen molar-refractivity contribution < 1.29 is 5.11 Å². The van der Waals surface area contributed by atoms with Crippen LogP contribution in [0.25, 0.3) is 0 Å². The highest BCUT2D eigenvalue weighted by Crippen LogP contribution is 2.24. The van der Waals surface area contributed by atoms with Crippen LogP contribution in [0.2, 0.25) is 5.02 Å². The highest BCUT2D eigenvalue weighted by Gasteiger charge is 2.11. The Labute approximate surface area is 141 Å². The fraction of sp³-hybridized carbons (Fsp3) is 0.278. The first-order valence-corrected chi connectivity index (χ1v) is 8.12. The van der Waals surface area contributed by atoms with Gasteiger partial charge in [-0.3, -0.25) is 4.99 Å². The first-order valence-electron chi connectivity index (χ1n) is 7.74. The predicted octanol–water partition coefficient (Wildman–Crippen LogP) is 3.29. The van der Waals surface area contributed by atoms with E-state index < -0.39 is 6.10 Å². The van der Waals surface area contributed by atoms with Crippen molar-refractivity contribution in [2.75, 3.05) is 11.9 Å². The molecule has 0 amide bonds. The lowest BCUT2D eigenvalue weighted by Crippen LogP contribution is -2.23. The van der Waals surface area contributed by atoms with Crippen LogP contribution in [0, 0.1) is 0 Å². The fourth-order valence-corrected chi connectivity index (χ4v) is 2.94. The minimum atomic E-state index is -0.701. The van der Waals surface area contributed by atoms with Crippen LogP contribution >= 0.6 is 11.6 Å². The summed E-state index contributed by atoms with van der Waals surface area (Å²) in [5.41, 5.74) is 10.4. The van der Waals surface area contributed by atoms with Crippen LogP contribution in [0.15, 0.2) is 47.5 Å². The summed E-state index contributed by atoms with van der Waals surface area (Å²) in [6.07, 6.45) is 2.80. The predicted molar refractivity (Wildman–Crippen MR) is 95.0 cm³/mol. The number of aliphatic hydroxyl groups excluding tert-OH is 1. The lowest BCUT2D eigenvalue weighted by Gasteiger charge is -2.11. The second-order valence-electron chi connectivity index (χ2n) is 5.76. The average Bonchev–Trinajstić information content (AvgIpc) is 3.01. The van der Waals surface area contributed by atoms with E-state index >= 15 is 0 Å². The lowest BCUT2D eigenvalue weighted by atomic mass is 10.1. The van der Waals surface area contributed by atoms with E-state index in [0.717, 1.165) is 24.1 Å². The molecule has 1 aliphatic carbocycles. The number of guanidine groups is 1. The molecule has 2 aromatic rings. The minimum absolute atomic E-state index is 0.200. The van der Waals surface area contributed by atoms with Crippen molar-refractivity contribution in [3.63, 3.8) is 0 Å². The number of anilines is 1. The molecule has 0 spiro atoms. The molecule has 5 heteroatoms. The van der Waals surface area contributed by atoms with E-state index in [0.29, 0.717) is 11.0 Å². The normalized spacial score (nSPS) is 15.3. The summed E-state index contributed by atoms with van der Waals surface area (Å²) in [6.45, 7) is 0.200. The van der Waals surface area contributed by atoms with Crippen molar-refractivity contribution >= 4 is 23.2 Å². The van der Waals surface area contributed by atoms with E-state index in [4.69, 9.17) is 17.3 Å². The van der Waals surface area contributed by atoms with E-state index in [-0.39, 0.29) is 6.54 Å². The van der Waals surface area contributed by atoms with Crippen LogP contribution in [0.3, 0.4) is 0 Å². The average molecular weight is 330 g/mol. The summed E-state index contributed by atoms with van der Waals surface area (Å²) in [5, 5.41) is 13.8. The van der Waals surface area contributed by atoms with Crippen LogP contribution in [0.4, 0.5) is 5.69 Å². The maximum absolute atomic E-state index is 10.1. The molecule has 1 aliphatic rings. The van der Waals surface area contributed by atoms with Crippen molar-refractivity contribution in [2.45, 2.75) is 25.4 Å². The first kappa shape index (κ1) is 15.8. The zero-order valence-electron chi connectivity index (χ0n) is 12.8. The Morgan fingerprint density at radius 3 is 2.70 bits per heavy atom. The highest BCUT2D eigenvalue weighted by atomic mass is 35.5. The van der Waals surface area contributed by atoms with Crippen molar-refractivity contribution in [2.24, 2.45) is 10.7 Å². The molecule has 120 valence electrons. The van der Waals surface area contributed by atoms with Gasteiger partial charge in [0.25, 0.3) is 0 Å². The first-order chi connectivity index (χ1) is 11.1. The maximum atomic E-state index is 10.1. The van der Waals surface area contributed by atoms with Gasteiger partial charge in [0.15, 0.2) is 5.96 Å². The van der Waals surface area contributed by atoms with Gasteiger partial charge in [0, 0.05) is 10.7 Å². The quantitative estimate of drug-likeness (QED) is 0.595. The SMILES string of the molecule is NC(=NCC(O)c1ccc(Cl)cc1)Nc1ccc2c(c1)CCC2. The lowest BCUT2D eigenvalue weighted by molar-refractivity contribution is 0.187. The molecule has 4 N–H and O–H groups in total. The minimum Gasteiger partial charge on any atom is -0.386 e. The molecule has 2 aromatic carbocycles. The van der Waals surface area contributed by atoms with E-state index in [2.05, 4.69) is 22.4 Å². The monoisotopic (exact) mass is 329 g/mol. The molecular formula is C18H20ClN3O. The number of benzene rings is 2. The Balaban J connectivity index is 1.60. The van der Waals surface area contributed by atoms with Crippen LogP contribution in [-0.2, 0) is 12.8 Å². The molecule has 0 saturated carbocycles. The van der Waals surface area contributed by atoms with Gasteiger partial charge in [-0.15, -0.1) is 0 Å². The number of nitrogens with two attached hydrogens (primary N) is 1. The van der Waals surface area contributed by atoms with Gasteiger partial charge in [-0.1, -0.05) is 29.8 Å². The van der Waals surface area contributed by atoms with Gasteiger partial charge < -0.3 is 16.2 Å². The Hall–Kier alpha value is -2.04. The van der Waals surface area contributed by atoms with E-state index in [1.165, 1.54) is 17.5 Å². The summed E-state index contributed by atoms with van der Waals surface area (Å²) in [7, 11) is 0. The third-order valence-corrected chi connectivity index (χ3v) is 4.31. The van der Waals surface area contributed by atoms with Gasteiger partial charge in [-0.25, -0.2) is 0 Å². The number of hydrogen-bond acceptors (Lipinski definition) is 2. The second kappa shape index (κ2) is 7.02. The molecule has 23 heavy (non-hydrogen) atoms. The van der Waals surface area contributed by atoms with Gasteiger partial charge in [-0.05, 0) is 60.2 Å². The van der Waals surface area contributed by atoms with Gasteiger partial charge in [0.1, 0.15) is 0 Å². The second-order valence-corrected chi connectivity index (χ2v) is 6.19. The van der Waals surface area contributed by atoms with Crippen molar-refractivity contribution in [1.82, 2.24) is 0 Å². The number of rotatable bonds is 4. The Bertz CT molecular complexity index is 713. The van der Waals surface area contributed by atoms with E-state index in [1.807, 2.05) is 6.07 Å².